The average Bonchev–Trinajstić information content (AvgIpc) is 2.49. The van der Waals surface area contributed by atoms with Gasteiger partial charge in [-0.1, -0.05) is 36.4 Å². The highest BCUT2D eigenvalue weighted by Gasteiger charge is 2.15. The number of hydrogen-bond acceptors (Lipinski definition) is 2. The summed E-state index contributed by atoms with van der Waals surface area (Å²) in [5.41, 5.74) is 2.85. The summed E-state index contributed by atoms with van der Waals surface area (Å²) in [4.78, 5) is 2.43. The normalized spacial score (nSPS) is 14.0. The van der Waals surface area contributed by atoms with Gasteiger partial charge in [0.2, 0.25) is 0 Å². The largest absolute Gasteiger partial charge is 0.492 e. The predicted octanol–water partition coefficient (Wildman–Crippen LogP) is 3.52. The molecule has 1 aliphatic heterocycles. The van der Waals surface area contributed by atoms with Crippen molar-refractivity contribution in [3.63, 3.8) is 0 Å². The van der Waals surface area contributed by atoms with Crippen LogP contribution in [-0.4, -0.2) is 19.7 Å². The summed E-state index contributed by atoms with van der Waals surface area (Å²) >= 11 is 0. The first-order valence-corrected chi connectivity index (χ1v) is 6.94. The number of hydrogen-bond donors (Lipinski definition) is 0. The van der Waals surface area contributed by atoms with Gasteiger partial charge in [0.05, 0.1) is 6.54 Å². The molecule has 0 aromatic heterocycles. The molecule has 0 bridgehead atoms. The molecule has 0 spiro atoms. The van der Waals surface area contributed by atoms with Gasteiger partial charge in [0.1, 0.15) is 12.4 Å². The smallest absolute Gasteiger partial charge is 0.119 e. The monoisotopic (exact) mass is 253 g/mol. The molecule has 0 aliphatic carbocycles. The van der Waals surface area contributed by atoms with E-state index in [1.807, 2.05) is 30.3 Å². The van der Waals surface area contributed by atoms with E-state index >= 15 is 0 Å². The number of aryl methyl sites for hydroxylation is 1. The number of anilines is 1. The number of rotatable bonds is 4. The molecule has 0 fully saturated rings. The van der Waals surface area contributed by atoms with Gasteiger partial charge in [-0.05, 0) is 36.6 Å². The molecule has 1 heterocycles. The Morgan fingerprint density at radius 1 is 0.947 bits per heavy atom. The molecule has 0 N–H and O–H groups in total. The summed E-state index contributed by atoms with van der Waals surface area (Å²) in [6.45, 7) is 2.82. The second-order valence-electron chi connectivity index (χ2n) is 4.88. The first-order valence-electron chi connectivity index (χ1n) is 6.94. The molecule has 2 aromatic rings. The Morgan fingerprint density at radius 2 is 1.74 bits per heavy atom. The Labute approximate surface area is 114 Å². The number of ether oxygens (including phenoxy) is 1. The summed E-state index contributed by atoms with van der Waals surface area (Å²) in [6.07, 6.45) is 2.44. The molecule has 0 saturated heterocycles. The summed E-state index contributed by atoms with van der Waals surface area (Å²) in [7, 11) is 0. The van der Waals surface area contributed by atoms with E-state index in [1.54, 1.807) is 0 Å². The predicted molar refractivity (Wildman–Crippen MR) is 78.9 cm³/mol. The van der Waals surface area contributed by atoms with Crippen LogP contribution < -0.4 is 9.64 Å². The van der Waals surface area contributed by atoms with Crippen molar-refractivity contribution in [2.24, 2.45) is 0 Å². The van der Waals surface area contributed by atoms with E-state index < -0.39 is 0 Å². The quantitative estimate of drug-likeness (QED) is 0.826. The Morgan fingerprint density at radius 3 is 2.63 bits per heavy atom. The standard InChI is InChI=1S/C17H19NO/c1-2-9-16(10-3-1)19-14-13-18-12-6-8-15-7-4-5-11-17(15)18/h1-5,7,9-11H,6,8,12-14H2. The third kappa shape index (κ3) is 2.90. The first-order chi connectivity index (χ1) is 9.43. The van der Waals surface area contributed by atoms with Gasteiger partial charge in [-0.15, -0.1) is 0 Å². The van der Waals surface area contributed by atoms with Crippen molar-refractivity contribution in [2.75, 3.05) is 24.6 Å². The van der Waals surface area contributed by atoms with Crippen LogP contribution in [0.4, 0.5) is 5.69 Å². The van der Waals surface area contributed by atoms with Gasteiger partial charge in [0, 0.05) is 12.2 Å². The number of nitrogens with zero attached hydrogens (tertiary/aromatic N) is 1. The summed E-state index contributed by atoms with van der Waals surface area (Å²) < 4.78 is 5.78. The molecule has 2 heteroatoms. The summed E-state index contributed by atoms with van der Waals surface area (Å²) in [5, 5.41) is 0. The molecule has 19 heavy (non-hydrogen) atoms. The fraction of sp³-hybridized carbons (Fsp3) is 0.294. The lowest BCUT2D eigenvalue weighted by Crippen LogP contribution is -2.33. The fourth-order valence-electron chi connectivity index (χ4n) is 2.63. The van der Waals surface area contributed by atoms with Crippen LogP contribution in [0, 0.1) is 0 Å². The highest BCUT2D eigenvalue weighted by atomic mass is 16.5. The summed E-state index contributed by atoms with van der Waals surface area (Å²) in [5.74, 6) is 0.952. The van der Waals surface area contributed by atoms with Crippen molar-refractivity contribution >= 4 is 5.69 Å². The Balaban J connectivity index is 1.59. The lowest BCUT2D eigenvalue weighted by Gasteiger charge is -2.31. The van der Waals surface area contributed by atoms with Crippen LogP contribution in [0.5, 0.6) is 5.75 Å². The maximum Gasteiger partial charge on any atom is 0.119 e. The Hall–Kier alpha value is -1.96. The number of fused-ring (bicyclic) bond motifs is 1. The molecule has 0 unspecified atom stereocenters. The topological polar surface area (TPSA) is 12.5 Å². The maximum atomic E-state index is 5.78. The van der Waals surface area contributed by atoms with Gasteiger partial charge in [0.25, 0.3) is 0 Å². The third-order valence-corrected chi connectivity index (χ3v) is 3.58. The van der Waals surface area contributed by atoms with Crippen LogP contribution in [0.1, 0.15) is 12.0 Å². The minimum absolute atomic E-state index is 0.734. The molecule has 3 rings (SSSR count). The van der Waals surface area contributed by atoms with E-state index in [2.05, 4.69) is 29.2 Å². The molecule has 0 radical (unpaired) electrons. The average molecular weight is 253 g/mol. The Bertz CT molecular complexity index is 524. The van der Waals surface area contributed by atoms with Gasteiger partial charge in [-0.25, -0.2) is 0 Å². The van der Waals surface area contributed by atoms with Gasteiger partial charge in [-0.3, -0.25) is 0 Å². The lowest BCUT2D eigenvalue weighted by atomic mass is 10.0. The van der Waals surface area contributed by atoms with Crippen LogP contribution in [0.25, 0.3) is 0 Å². The first kappa shape index (κ1) is 12.1. The highest BCUT2D eigenvalue weighted by molar-refractivity contribution is 5.55. The van der Waals surface area contributed by atoms with Crippen LogP contribution >= 0.6 is 0 Å². The molecule has 98 valence electrons. The zero-order valence-electron chi connectivity index (χ0n) is 11.1. The van der Waals surface area contributed by atoms with Gasteiger partial charge < -0.3 is 9.64 Å². The molecule has 0 amide bonds. The molecule has 1 aliphatic rings. The highest BCUT2D eigenvalue weighted by Crippen LogP contribution is 2.26. The van der Waals surface area contributed by atoms with Crippen molar-refractivity contribution in [3.05, 3.63) is 60.2 Å². The van der Waals surface area contributed by atoms with E-state index in [4.69, 9.17) is 4.74 Å². The van der Waals surface area contributed by atoms with E-state index in [0.29, 0.717) is 0 Å². The molecule has 2 nitrogen and oxygen atoms in total. The van der Waals surface area contributed by atoms with E-state index in [0.717, 1.165) is 25.4 Å². The van der Waals surface area contributed by atoms with E-state index in [9.17, 15) is 0 Å². The van der Waals surface area contributed by atoms with Gasteiger partial charge in [-0.2, -0.15) is 0 Å². The molecule has 0 atom stereocenters. The zero-order valence-corrected chi connectivity index (χ0v) is 11.1. The number of benzene rings is 2. The zero-order chi connectivity index (χ0) is 12.9. The maximum absolute atomic E-state index is 5.78. The van der Waals surface area contributed by atoms with Crippen molar-refractivity contribution < 1.29 is 4.74 Å². The molecular formula is C17H19NO. The van der Waals surface area contributed by atoms with Crippen molar-refractivity contribution in [1.29, 1.82) is 0 Å². The second kappa shape index (κ2) is 5.79. The molecule has 0 saturated carbocycles. The van der Waals surface area contributed by atoms with Crippen molar-refractivity contribution in [1.82, 2.24) is 0 Å². The third-order valence-electron chi connectivity index (χ3n) is 3.58. The van der Waals surface area contributed by atoms with E-state index in [1.165, 1.54) is 24.1 Å². The minimum Gasteiger partial charge on any atom is -0.492 e. The van der Waals surface area contributed by atoms with Gasteiger partial charge >= 0.3 is 0 Å². The molecular weight excluding hydrogens is 234 g/mol. The molecule has 2 aromatic carbocycles. The van der Waals surface area contributed by atoms with Crippen LogP contribution in [-0.2, 0) is 6.42 Å². The van der Waals surface area contributed by atoms with Gasteiger partial charge in [0.15, 0.2) is 0 Å². The SMILES string of the molecule is c1ccc(OCCN2CCCc3ccccc32)cc1. The van der Waals surface area contributed by atoms with Crippen molar-refractivity contribution in [2.45, 2.75) is 12.8 Å². The lowest BCUT2D eigenvalue weighted by molar-refractivity contribution is 0.322. The number of para-hydroxylation sites is 2. The fourth-order valence-corrected chi connectivity index (χ4v) is 2.63. The van der Waals surface area contributed by atoms with Crippen LogP contribution in [0.2, 0.25) is 0 Å². The van der Waals surface area contributed by atoms with Crippen LogP contribution in [0.15, 0.2) is 54.6 Å². The second-order valence-corrected chi connectivity index (χ2v) is 4.88. The van der Waals surface area contributed by atoms with Crippen LogP contribution in [0.3, 0.4) is 0 Å². The van der Waals surface area contributed by atoms with E-state index in [-0.39, 0.29) is 0 Å². The summed E-state index contributed by atoms with van der Waals surface area (Å²) in [6, 6.07) is 18.7. The minimum atomic E-state index is 0.734. The Kier molecular flexibility index (Phi) is 3.68. The van der Waals surface area contributed by atoms with Crippen molar-refractivity contribution in [3.8, 4) is 5.75 Å².